The van der Waals surface area contributed by atoms with Crippen LogP contribution < -0.4 is 4.74 Å². The largest absolute Gasteiger partial charge is 0.497 e. The van der Waals surface area contributed by atoms with Crippen LogP contribution in [0.4, 0.5) is 0 Å². The molecule has 0 aliphatic heterocycles. The van der Waals surface area contributed by atoms with Gasteiger partial charge in [-0.3, -0.25) is 9.69 Å². The number of rotatable bonds is 12. The number of aliphatic hydroxyl groups is 4. The Morgan fingerprint density at radius 3 is 2.56 bits per heavy atom. The van der Waals surface area contributed by atoms with E-state index in [1.807, 2.05) is 23.1 Å². The molecule has 3 aliphatic carbocycles. The molecule has 1 saturated carbocycles. The maximum atomic E-state index is 14.2. The number of carbonyl (C=O) groups is 1. The summed E-state index contributed by atoms with van der Waals surface area (Å²) < 4.78 is 10.6. The van der Waals surface area contributed by atoms with Gasteiger partial charge in [-0.1, -0.05) is 30.7 Å². The molecule has 3 aliphatic rings. The topological polar surface area (TPSA) is 120 Å². The summed E-state index contributed by atoms with van der Waals surface area (Å²) >= 11 is 0. The second kappa shape index (κ2) is 15.8. The number of hydrogen-bond donors (Lipinski definition) is 4. The molecule has 2 aromatic rings. The van der Waals surface area contributed by atoms with Gasteiger partial charge < -0.3 is 29.9 Å². The minimum atomic E-state index is -1.10. The number of nitrogens with zero attached hydrogens (tertiary/aromatic N) is 1. The van der Waals surface area contributed by atoms with Gasteiger partial charge in [0.1, 0.15) is 5.75 Å². The molecule has 1 fully saturated rings. The summed E-state index contributed by atoms with van der Waals surface area (Å²) in [7, 11) is 3.25. The molecular weight excluding hydrogens is 570 g/mol. The summed E-state index contributed by atoms with van der Waals surface area (Å²) in [4.78, 5) is 16.3. The lowest BCUT2D eigenvalue weighted by Gasteiger charge is -2.46. The van der Waals surface area contributed by atoms with Gasteiger partial charge in [-0.2, -0.15) is 0 Å². The van der Waals surface area contributed by atoms with Crippen molar-refractivity contribution in [2.75, 3.05) is 47.1 Å². The van der Waals surface area contributed by atoms with Gasteiger partial charge in [0.05, 0.1) is 31.5 Å². The molecule has 8 heteroatoms. The molecule has 5 rings (SSSR count). The number of methoxy groups -OCH3 is 2. The van der Waals surface area contributed by atoms with E-state index in [1.54, 1.807) is 38.5 Å². The van der Waals surface area contributed by atoms with Gasteiger partial charge in [-0.05, 0) is 106 Å². The summed E-state index contributed by atoms with van der Waals surface area (Å²) in [6.07, 6.45) is 6.16. The van der Waals surface area contributed by atoms with Crippen molar-refractivity contribution >= 4 is 5.78 Å². The van der Waals surface area contributed by atoms with Crippen LogP contribution in [0.3, 0.4) is 0 Å². The van der Waals surface area contributed by atoms with Crippen molar-refractivity contribution in [2.45, 2.75) is 88.9 Å². The van der Waals surface area contributed by atoms with Crippen molar-refractivity contribution in [2.24, 2.45) is 5.41 Å². The van der Waals surface area contributed by atoms with E-state index in [1.165, 1.54) is 5.57 Å². The van der Waals surface area contributed by atoms with E-state index in [0.29, 0.717) is 68.7 Å². The summed E-state index contributed by atoms with van der Waals surface area (Å²) in [6, 6.07) is 13.2. The molecule has 4 N–H and O–H groups in total. The highest BCUT2D eigenvalue weighted by atomic mass is 16.5. The second-order valence-electron chi connectivity index (χ2n) is 13.4. The van der Waals surface area contributed by atoms with Gasteiger partial charge in [0.2, 0.25) is 0 Å². The van der Waals surface area contributed by atoms with E-state index in [2.05, 4.69) is 19.9 Å². The molecule has 8 nitrogen and oxygen atoms in total. The average Bonchev–Trinajstić information content (AvgIpc) is 3.28. The maximum Gasteiger partial charge on any atom is 0.193 e. The number of benzene rings is 2. The Morgan fingerprint density at radius 1 is 1.11 bits per heavy atom. The summed E-state index contributed by atoms with van der Waals surface area (Å²) in [5.41, 5.74) is 2.55. The molecule has 0 heterocycles. The van der Waals surface area contributed by atoms with Crippen LogP contribution in [0.5, 0.6) is 5.75 Å². The summed E-state index contributed by atoms with van der Waals surface area (Å²) in [5.74, 6) is 0.493. The van der Waals surface area contributed by atoms with Crippen LogP contribution in [0.25, 0.3) is 0 Å². The fourth-order valence-electron chi connectivity index (χ4n) is 7.49. The van der Waals surface area contributed by atoms with Gasteiger partial charge in [-0.25, -0.2) is 0 Å². The molecule has 45 heavy (non-hydrogen) atoms. The molecule has 0 saturated heterocycles. The fourth-order valence-corrected chi connectivity index (χ4v) is 7.49. The molecule has 0 aromatic heterocycles. The number of hydrogen-bond acceptors (Lipinski definition) is 8. The first kappa shape index (κ1) is 35.3. The van der Waals surface area contributed by atoms with Crippen molar-refractivity contribution in [1.82, 2.24) is 4.90 Å². The Balaban J connectivity index is 1.79. The van der Waals surface area contributed by atoms with E-state index < -0.39 is 23.2 Å². The number of fused-ring (bicyclic) bond motifs is 8. The van der Waals surface area contributed by atoms with Crippen LogP contribution in [-0.2, 0) is 11.2 Å². The Hall–Kier alpha value is -2.59. The molecule has 0 unspecified atom stereocenters. The average molecular weight is 624 g/mol. The zero-order valence-electron chi connectivity index (χ0n) is 27.5. The zero-order valence-corrected chi connectivity index (χ0v) is 27.5. The Kier molecular flexibility index (Phi) is 12.4. The lowest BCUT2D eigenvalue weighted by Crippen LogP contribution is -2.54. The molecule has 0 amide bonds. The lowest BCUT2D eigenvalue weighted by atomic mass is 9.64. The van der Waals surface area contributed by atoms with Crippen molar-refractivity contribution < 1.29 is 34.7 Å². The van der Waals surface area contributed by atoms with Crippen LogP contribution in [0.1, 0.15) is 91.8 Å². The minimum Gasteiger partial charge on any atom is -0.497 e. The number of ketones is 1. The molecule has 2 aromatic carbocycles. The summed E-state index contributed by atoms with van der Waals surface area (Å²) in [5, 5.41) is 43.5. The van der Waals surface area contributed by atoms with Crippen molar-refractivity contribution in [1.29, 1.82) is 0 Å². The van der Waals surface area contributed by atoms with E-state index in [9.17, 15) is 25.2 Å². The quantitative estimate of drug-likeness (QED) is 0.153. The highest BCUT2D eigenvalue weighted by molar-refractivity contribution is 6.10. The van der Waals surface area contributed by atoms with Crippen LogP contribution in [0.15, 0.2) is 54.1 Å². The van der Waals surface area contributed by atoms with Gasteiger partial charge in [-0.15, -0.1) is 0 Å². The molecule has 248 valence electrons. The van der Waals surface area contributed by atoms with E-state index >= 15 is 0 Å². The van der Waals surface area contributed by atoms with E-state index in [4.69, 9.17) is 9.47 Å². The predicted molar refractivity (Wildman–Crippen MR) is 176 cm³/mol. The predicted octanol–water partition coefficient (Wildman–Crippen LogP) is 4.66. The SMILES string of the molecule is COCCCN(C[C@H](O)CO)C[C@]1(O)CC[C@H]2c3ccc(cc3C(=O)c3ccc(OC)cc3)C[C@@H](O)CCC(C)=CCC[C@@]21C. The maximum absolute atomic E-state index is 14.2. The van der Waals surface area contributed by atoms with Crippen molar-refractivity contribution in [3.05, 3.63) is 76.4 Å². The second-order valence-corrected chi connectivity index (χ2v) is 13.4. The normalized spacial score (nSPS) is 26.3. The van der Waals surface area contributed by atoms with Crippen LogP contribution >= 0.6 is 0 Å². The Morgan fingerprint density at radius 2 is 1.87 bits per heavy atom. The molecule has 2 bridgehead atoms. The molecule has 0 radical (unpaired) electrons. The Bertz CT molecular complexity index is 1290. The Labute approximate surface area is 268 Å². The van der Waals surface area contributed by atoms with E-state index in [0.717, 1.165) is 30.4 Å². The van der Waals surface area contributed by atoms with Crippen molar-refractivity contribution in [3.8, 4) is 5.75 Å². The highest BCUT2D eigenvalue weighted by Crippen LogP contribution is 2.58. The molecule has 0 spiro atoms. The first-order chi connectivity index (χ1) is 21.5. The standard InChI is InChI=1S/C37H53NO7/c1-26-7-5-17-36(2)34(16-18-37(36,43)25-38(19-6-20-44-3)23-30(41)24-39)32-15-9-27(21-29(40)12-8-26)22-33(32)35(42)28-10-13-31(45-4)14-11-28/h7,9-11,13-15,22,29-30,34,39-41,43H,5-6,8,12,16-21,23-25H2,1-4H3/t29-,30-,34-,36-,37+/m0/s1. The fraction of sp³-hybridized carbons (Fsp3) is 0.595. The monoisotopic (exact) mass is 623 g/mol. The smallest absolute Gasteiger partial charge is 0.193 e. The van der Waals surface area contributed by atoms with Gasteiger partial charge >= 0.3 is 0 Å². The van der Waals surface area contributed by atoms with Crippen LogP contribution in [-0.4, -0.2) is 96.0 Å². The molecular formula is C37H53NO7. The third kappa shape index (κ3) is 8.42. The highest BCUT2D eigenvalue weighted by Gasteiger charge is 2.57. The number of allylic oxidation sites excluding steroid dienone is 2. The third-order valence-corrected chi connectivity index (χ3v) is 10.3. The zero-order chi connectivity index (χ0) is 32.6. The van der Waals surface area contributed by atoms with Gasteiger partial charge in [0.15, 0.2) is 5.78 Å². The minimum absolute atomic E-state index is 0.0862. The van der Waals surface area contributed by atoms with Crippen LogP contribution in [0, 0.1) is 5.41 Å². The van der Waals surface area contributed by atoms with Crippen LogP contribution in [0.2, 0.25) is 0 Å². The molecule has 5 atom stereocenters. The first-order valence-electron chi connectivity index (χ1n) is 16.4. The van der Waals surface area contributed by atoms with Gasteiger partial charge in [0.25, 0.3) is 0 Å². The third-order valence-electron chi connectivity index (χ3n) is 10.3. The van der Waals surface area contributed by atoms with Gasteiger partial charge in [0, 0.05) is 49.9 Å². The first-order valence-corrected chi connectivity index (χ1v) is 16.4. The van der Waals surface area contributed by atoms with Crippen molar-refractivity contribution in [3.63, 3.8) is 0 Å². The lowest BCUT2D eigenvalue weighted by molar-refractivity contribution is -0.0898. The number of aliphatic hydroxyl groups excluding tert-OH is 3. The summed E-state index contributed by atoms with van der Waals surface area (Å²) in [6.45, 7) is 5.69. The van der Waals surface area contributed by atoms with E-state index in [-0.39, 0.29) is 24.9 Å². The number of ether oxygens (including phenoxy) is 2. The number of carbonyl (C=O) groups excluding carboxylic acids is 1.